The van der Waals surface area contributed by atoms with Crippen molar-refractivity contribution < 1.29 is 19.4 Å². The van der Waals surface area contributed by atoms with Crippen LogP contribution < -0.4 is 10.1 Å². The van der Waals surface area contributed by atoms with Gasteiger partial charge < -0.3 is 20.1 Å². The van der Waals surface area contributed by atoms with Gasteiger partial charge >= 0.3 is 5.97 Å². The molecule has 2 N–H and O–H groups in total. The average Bonchev–Trinajstić information content (AvgIpc) is 3.37. The van der Waals surface area contributed by atoms with Gasteiger partial charge in [-0.1, -0.05) is 101 Å². The van der Waals surface area contributed by atoms with Crippen molar-refractivity contribution in [2.24, 2.45) is 17.3 Å². The van der Waals surface area contributed by atoms with Gasteiger partial charge in [0, 0.05) is 41.7 Å². The summed E-state index contributed by atoms with van der Waals surface area (Å²) < 4.78 is 5.65. The fraction of sp³-hybridized carbons (Fsp3) is 0.457. The summed E-state index contributed by atoms with van der Waals surface area (Å²) in [6, 6.07) is 20.4. The van der Waals surface area contributed by atoms with Gasteiger partial charge in [-0.25, -0.2) is 9.78 Å². The molecule has 1 amide bonds. The SMILES string of the molecule is COc1ncc(-c2ccccc2)cc1CN[C@H]1[C@H](C(C)(C)C)[C@@H](C(=O)O)N(C(=O)C2CCCCC2)[C@H]1c1ccccc1. The molecule has 2 aliphatic rings. The largest absolute Gasteiger partial charge is 0.481 e. The van der Waals surface area contributed by atoms with Crippen LogP contribution in [0.25, 0.3) is 11.1 Å². The van der Waals surface area contributed by atoms with Crippen LogP contribution in [0.2, 0.25) is 0 Å². The number of carbonyl (C=O) groups excluding carboxylic acids is 1. The first-order valence-electron chi connectivity index (χ1n) is 15.1. The third kappa shape index (κ3) is 6.07. The van der Waals surface area contributed by atoms with Gasteiger partial charge in [0.2, 0.25) is 11.8 Å². The lowest BCUT2D eigenvalue weighted by Gasteiger charge is -2.36. The van der Waals surface area contributed by atoms with Gasteiger partial charge in [-0.3, -0.25) is 4.79 Å². The number of aromatic nitrogens is 1. The molecule has 0 spiro atoms. The van der Waals surface area contributed by atoms with Crippen LogP contribution in [0.3, 0.4) is 0 Å². The van der Waals surface area contributed by atoms with Crippen LogP contribution in [0, 0.1) is 17.3 Å². The van der Waals surface area contributed by atoms with Gasteiger partial charge in [0.1, 0.15) is 6.04 Å². The number of carboxylic acid groups (broad SMARTS) is 1. The third-order valence-electron chi connectivity index (χ3n) is 9.02. The summed E-state index contributed by atoms with van der Waals surface area (Å²) in [6.07, 6.45) is 6.58. The van der Waals surface area contributed by atoms with Crippen LogP contribution in [0.4, 0.5) is 0 Å². The van der Waals surface area contributed by atoms with Crippen molar-refractivity contribution in [1.29, 1.82) is 0 Å². The number of hydrogen-bond acceptors (Lipinski definition) is 5. The molecule has 7 heteroatoms. The number of carbonyl (C=O) groups is 2. The molecule has 5 rings (SSSR count). The topological polar surface area (TPSA) is 91.8 Å². The summed E-state index contributed by atoms with van der Waals surface area (Å²) in [5.41, 5.74) is 3.45. The van der Waals surface area contributed by atoms with E-state index in [-0.39, 0.29) is 23.8 Å². The summed E-state index contributed by atoms with van der Waals surface area (Å²) in [4.78, 5) is 33.7. The molecule has 2 aromatic carbocycles. The van der Waals surface area contributed by atoms with E-state index in [9.17, 15) is 14.7 Å². The maximum atomic E-state index is 14.3. The zero-order valence-electron chi connectivity index (χ0n) is 25.1. The number of hydrogen-bond donors (Lipinski definition) is 2. The van der Waals surface area contributed by atoms with E-state index in [1.807, 2.05) is 66.9 Å². The molecule has 222 valence electrons. The molecule has 1 aliphatic carbocycles. The van der Waals surface area contributed by atoms with Crippen LogP contribution >= 0.6 is 0 Å². The molecule has 0 radical (unpaired) electrons. The monoisotopic (exact) mass is 569 g/mol. The first-order valence-corrected chi connectivity index (χ1v) is 15.1. The molecular weight excluding hydrogens is 526 g/mol. The molecule has 0 unspecified atom stereocenters. The minimum absolute atomic E-state index is 0.0279. The average molecular weight is 570 g/mol. The number of nitrogens with one attached hydrogen (secondary N) is 1. The smallest absolute Gasteiger partial charge is 0.326 e. The van der Waals surface area contributed by atoms with Crippen molar-refractivity contribution in [2.75, 3.05) is 7.11 Å². The fourth-order valence-corrected chi connectivity index (χ4v) is 7.11. The Morgan fingerprint density at radius 3 is 2.21 bits per heavy atom. The molecule has 0 bridgehead atoms. The number of aliphatic carboxylic acids is 1. The number of pyridine rings is 1. The summed E-state index contributed by atoms with van der Waals surface area (Å²) in [7, 11) is 1.61. The van der Waals surface area contributed by atoms with E-state index in [2.05, 4.69) is 37.1 Å². The molecule has 1 saturated heterocycles. The van der Waals surface area contributed by atoms with Crippen molar-refractivity contribution in [1.82, 2.24) is 15.2 Å². The van der Waals surface area contributed by atoms with Crippen molar-refractivity contribution in [3.8, 4) is 17.0 Å². The Morgan fingerprint density at radius 2 is 1.62 bits per heavy atom. The number of rotatable bonds is 8. The summed E-state index contributed by atoms with van der Waals surface area (Å²) in [6.45, 7) is 6.65. The second-order valence-electron chi connectivity index (χ2n) is 12.8. The van der Waals surface area contributed by atoms with Gasteiger partial charge in [0.15, 0.2) is 0 Å². The predicted molar refractivity (Wildman–Crippen MR) is 164 cm³/mol. The van der Waals surface area contributed by atoms with Crippen LogP contribution in [-0.4, -0.2) is 46.1 Å². The number of likely N-dealkylation sites (tertiary alicyclic amines) is 1. The quantitative estimate of drug-likeness (QED) is 0.322. The molecular formula is C35H43N3O4. The van der Waals surface area contributed by atoms with Gasteiger partial charge in [-0.05, 0) is 35.4 Å². The van der Waals surface area contributed by atoms with Crippen LogP contribution in [-0.2, 0) is 16.1 Å². The third-order valence-corrected chi connectivity index (χ3v) is 9.02. The molecule has 1 aromatic heterocycles. The lowest BCUT2D eigenvalue weighted by molar-refractivity contribution is -0.154. The van der Waals surface area contributed by atoms with E-state index in [0.717, 1.165) is 54.4 Å². The maximum absolute atomic E-state index is 14.3. The zero-order chi connectivity index (χ0) is 29.9. The second kappa shape index (κ2) is 12.7. The molecule has 2 fully saturated rings. The highest BCUT2D eigenvalue weighted by Gasteiger charge is 2.58. The Labute approximate surface area is 249 Å². The van der Waals surface area contributed by atoms with Gasteiger partial charge in [0.25, 0.3) is 0 Å². The Balaban J connectivity index is 1.57. The number of nitrogens with zero attached hydrogens (tertiary/aromatic N) is 2. The summed E-state index contributed by atoms with van der Waals surface area (Å²) in [5, 5.41) is 14.5. The molecule has 42 heavy (non-hydrogen) atoms. The second-order valence-corrected chi connectivity index (χ2v) is 12.8. The number of carboxylic acids is 1. The number of ether oxygens (including phenoxy) is 1. The molecule has 2 heterocycles. The lowest BCUT2D eigenvalue weighted by atomic mass is 9.72. The highest BCUT2D eigenvalue weighted by molar-refractivity contribution is 5.87. The van der Waals surface area contributed by atoms with Gasteiger partial charge in [-0.15, -0.1) is 0 Å². The zero-order valence-corrected chi connectivity index (χ0v) is 25.1. The Kier molecular flexibility index (Phi) is 8.97. The highest BCUT2D eigenvalue weighted by atomic mass is 16.5. The number of amides is 1. The highest BCUT2D eigenvalue weighted by Crippen LogP contribution is 2.49. The molecule has 7 nitrogen and oxygen atoms in total. The van der Waals surface area contributed by atoms with Gasteiger partial charge in [0.05, 0.1) is 13.2 Å². The normalized spacial score (nSPS) is 23.1. The van der Waals surface area contributed by atoms with Crippen LogP contribution in [0.5, 0.6) is 5.88 Å². The Morgan fingerprint density at radius 1 is 0.976 bits per heavy atom. The molecule has 1 saturated carbocycles. The van der Waals surface area contributed by atoms with Crippen molar-refractivity contribution in [3.05, 3.63) is 84.1 Å². The van der Waals surface area contributed by atoms with Crippen molar-refractivity contribution in [2.45, 2.75) is 77.5 Å². The van der Waals surface area contributed by atoms with Crippen molar-refractivity contribution in [3.63, 3.8) is 0 Å². The summed E-state index contributed by atoms with van der Waals surface area (Å²) >= 11 is 0. The lowest BCUT2D eigenvalue weighted by Crippen LogP contribution is -2.49. The molecule has 4 atom stereocenters. The van der Waals surface area contributed by atoms with E-state index in [4.69, 9.17) is 4.74 Å². The minimum atomic E-state index is -0.949. The van der Waals surface area contributed by atoms with E-state index in [1.165, 1.54) is 0 Å². The predicted octanol–water partition coefficient (Wildman–Crippen LogP) is 6.49. The first-order chi connectivity index (χ1) is 20.2. The van der Waals surface area contributed by atoms with Crippen LogP contribution in [0.15, 0.2) is 72.9 Å². The number of methoxy groups -OCH3 is 1. The van der Waals surface area contributed by atoms with E-state index in [0.29, 0.717) is 12.4 Å². The first kappa shape index (κ1) is 29.8. The van der Waals surface area contributed by atoms with Gasteiger partial charge in [-0.2, -0.15) is 0 Å². The standard InChI is InChI=1S/C35H43N3O4/c1-35(2,3)28-29(36-22-27-20-26(21-37-32(27)42-4)23-14-8-5-9-15-23)30(24-16-10-6-11-17-24)38(31(28)34(40)41)33(39)25-18-12-7-13-19-25/h5-6,8-11,14-17,20-21,25,28-31,36H,7,12-13,18-19,22H2,1-4H3,(H,40,41)/t28-,29-,30-,31-/m0/s1. The maximum Gasteiger partial charge on any atom is 0.326 e. The van der Waals surface area contributed by atoms with E-state index in [1.54, 1.807) is 12.0 Å². The number of benzene rings is 2. The molecule has 3 aromatic rings. The Bertz CT molecular complexity index is 1370. The Hall–Kier alpha value is -3.71. The van der Waals surface area contributed by atoms with Crippen molar-refractivity contribution >= 4 is 11.9 Å². The molecule has 1 aliphatic heterocycles. The minimum Gasteiger partial charge on any atom is -0.481 e. The van der Waals surface area contributed by atoms with E-state index >= 15 is 0 Å². The van der Waals surface area contributed by atoms with E-state index < -0.39 is 23.5 Å². The van der Waals surface area contributed by atoms with Crippen LogP contribution in [0.1, 0.15) is 70.0 Å². The summed E-state index contributed by atoms with van der Waals surface area (Å²) in [5.74, 6) is -0.940. The fourth-order valence-electron chi connectivity index (χ4n) is 7.11.